The van der Waals surface area contributed by atoms with Gasteiger partial charge in [0.1, 0.15) is 0 Å². The predicted molar refractivity (Wildman–Crippen MR) is 66.9 cm³/mol. The van der Waals surface area contributed by atoms with Crippen molar-refractivity contribution in [1.82, 2.24) is 0 Å². The van der Waals surface area contributed by atoms with E-state index in [0.717, 1.165) is 5.56 Å². The van der Waals surface area contributed by atoms with Crippen molar-refractivity contribution < 1.29 is 22.7 Å². The van der Waals surface area contributed by atoms with Crippen LogP contribution in [0.3, 0.4) is 0 Å². The summed E-state index contributed by atoms with van der Waals surface area (Å²) in [5, 5.41) is 9.37. The lowest BCUT2D eigenvalue weighted by Crippen LogP contribution is -2.30. The van der Waals surface area contributed by atoms with Crippen LogP contribution in [0.25, 0.3) is 0 Å². The minimum atomic E-state index is -4.54. The normalized spacial score (nSPS) is 21.6. The minimum absolute atomic E-state index is 0.0139. The average Bonchev–Trinajstić information content (AvgIpc) is 3.17. The molecule has 1 N–H and O–H groups in total. The summed E-state index contributed by atoms with van der Waals surface area (Å²) in [7, 11) is 1.30. The van der Waals surface area contributed by atoms with Gasteiger partial charge in [-0.3, -0.25) is 4.79 Å². The van der Waals surface area contributed by atoms with Gasteiger partial charge in [-0.1, -0.05) is 12.1 Å². The summed E-state index contributed by atoms with van der Waals surface area (Å²) >= 11 is 0. The highest BCUT2D eigenvalue weighted by Crippen LogP contribution is 2.53. The fourth-order valence-corrected chi connectivity index (χ4v) is 2.53. The van der Waals surface area contributed by atoms with Crippen LogP contribution in [-0.4, -0.2) is 25.8 Å². The van der Waals surface area contributed by atoms with E-state index in [1.165, 1.54) is 19.2 Å². The second-order valence-electron chi connectivity index (χ2n) is 5.03. The molecule has 5 nitrogen and oxygen atoms in total. The fourth-order valence-electron chi connectivity index (χ4n) is 2.53. The molecule has 1 unspecified atom stereocenters. The molecule has 8 heteroatoms. The van der Waals surface area contributed by atoms with E-state index in [9.17, 15) is 18.0 Å². The summed E-state index contributed by atoms with van der Waals surface area (Å²) in [5.74, 6) is -0.450. The van der Waals surface area contributed by atoms with Gasteiger partial charge >= 0.3 is 17.8 Å². The van der Waals surface area contributed by atoms with Crippen LogP contribution in [0, 0.1) is 0 Å². The first kappa shape index (κ1) is 13.8. The number of hydrogen-bond acceptors (Lipinski definition) is 5. The standard InChI is InChI=1S/C13H12F3N3O2/c1-21-11(20)4-7-6-17-10-5-8(2-3-9(7)10)12(18-19-12)13(14,15)16/h2-3,5,7,17H,4,6H2,1H3. The summed E-state index contributed by atoms with van der Waals surface area (Å²) in [6, 6.07) is 4.36. The highest BCUT2D eigenvalue weighted by molar-refractivity contribution is 5.72. The number of halogens is 3. The molecule has 1 aromatic rings. The third-order valence-electron chi connectivity index (χ3n) is 3.77. The van der Waals surface area contributed by atoms with E-state index < -0.39 is 11.8 Å². The number of benzene rings is 1. The van der Waals surface area contributed by atoms with Gasteiger partial charge < -0.3 is 10.1 Å². The van der Waals surface area contributed by atoms with Gasteiger partial charge in [-0.25, -0.2) is 0 Å². The molecule has 0 saturated heterocycles. The Morgan fingerprint density at radius 3 is 2.76 bits per heavy atom. The second kappa shape index (κ2) is 4.44. The van der Waals surface area contributed by atoms with Crippen LogP contribution in [-0.2, 0) is 15.2 Å². The zero-order valence-corrected chi connectivity index (χ0v) is 11.1. The van der Waals surface area contributed by atoms with Gasteiger partial charge in [-0.2, -0.15) is 13.2 Å². The maximum Gasteiger partial charge on any atom is 0.442 e. The predicted octanol–water partition coefficient (Wildman–Crippen LogP) is 2.94. The molecule has 1 aromatic carbocycles. The number of nitrogens with one attached hydrogen (secondary N) is 1. The Morgan fingerprint density at radius 1 is 1.48 bits per heavy atom. The van der Waals surface area contributed by atoms with Crippen LogP contribution in [0.2, 0.25) is 0 Å². The number of hydrogen-bond donors (Lipinski definition) is 1. The Morgan fingerprint density at radius 2 is 2.19 bits per heavy atom. The van der Waals surface area contributed by atoms with Gasteiger partial charge in [-0.15, -0.1) is 10.2 Å². The number of fused-ring (bicyclic) bond motifs is 1. The van der Waals surface area contributed by atoms with Crippen molar-refractivity contribution in [1.29, 1.82) is 0 Å². The van der Waals surface area contributed by atoms with E-state index in [4.69, 9.17) is 0 Å². The first-order valence-electron chi connectivity index (χ1n) is 6.33. The Hall–Kier alpha value is -2.12. The molecule has 0 fully saturated rings. The number of nitrogens with zero attached hydrogens (tertiary/aromatic N) is 2. The fraction of sp³-hybridized carbons (Fsp3) is 0.462. The Labute approximate surface area is 118 Å². The first-order chi connectivity index (χ1) is 9.87. The van der Waals surface area contributed by atoms with Crippen LogP contribution in [0.4, 0.5) is 18.9 Å². The van der Waals surface area contributed by atoms with Crippen LogP contribution in [0.5, 0.6) is 0 Å². The first-order valence-corrected chi connectivity index (χ1v) is 6.33. The van der Waals surface area contributed by atoms with Gasteiger partial charge in [0, 0.05) is 23.7 Å². The Bertz CT molecular complexity index is 622. The second-order valence-corrected chi connectivity index (χ2v) is 5.03. The monoisotopic (exact) mass is 299 g/mol. The third-order valence-corrected chi connectivity index (χ3v) is 3.77. The van der Waals surface area contributed by atoms with Crippen molar-refractivity contribution in [2.24, 2.45) is 10.2 Å². The highest BCUT2D eigenvalue weighted by Gasteiger charge is 2.65. The van der Waals surface area contributed by atoms with Crippen molar-refractivity contribution in [3.05, 3.63) is 29.3 Å². The van der Waals surface area contributed by atoms with Crippen molar-refractivity contribution in [2.45, 2.75) is 24.2 Å². The van der Waals surface area contributed by atoms with Crippen LogP contribution >= 0.6 is 0 Å². The van der Waals surface area contributed by atoms with Crippen LogP contribution in [0.15, 0.2) is 28.4 Å². The molecule has 0 amide bonds. The molecule has 112 valence electrons. The van der Waals surface area contributed by atoms with Crippen molar-refractivity contribution in [3.8, 4) is 0 Å². The van der Waals surface area contributed by atoms with Gasteiger partial charge in [0.2, 0.25) is 0 Å². The molecule has 2 aliphatic rings. The zero-order valence-electron chi connectivity index (χ0n) is 11.1. The molecule has 21 heavy (non-hydrogen) atoms. The van der Waals surface area contributed by atoms with Crippen molar-refractivity contribution in [3.63, 3.8) is 0 Å². The van der Waals surface area contributed by atoms with E-state index in [-0.39, 0.29) is 23.9 Å². The van der Waals surface area contributed by atoms with Gasteiger partial charge in [0.05, 0.1) is 13.5 Å². The van der Waals surface area contributed by atoms with Crippen molar-refractivity contribution in [2.75, 3.05) is 19.0 Å². The van der Waals surface area contributed by atoms with Crippen molar-refractivity contribution >= 4 is 11.7 Å². The molecule has 0 bridgehead atoms. The Balaban J connectivity index is 1.86. The topological polar surface area (TPSA) is 63.0 Å². The lowest BCUT2D eigenvalue weighted by molar-refractivity contribution is -0.166. The lowest BCUT2D eigenvalue weighted by Gasteiger charge is -2.16. The summed E-state index contributed by atoms with van der Waals surface area (Å²) in [6.45, 7) is 0.487. The number of alkyl halides is 3. The third kappa shape index (κ3) is 2.14. The number of rotatable bonds is 3. The number of carbonyl (C=O) groups is 1. The molecule has 0 spiro atoms. The van der Waals surface area contributed by atoms with E-state index >= 15 is 0 Å². The van der Waals surface area contributed by atoms with Gasteiger partial charge in [0.25, 0.3) is 0 Å². The van der Waals surface area contributed by atoms with Crippen LogP contribution in [0.1, 0.15) is 23.5 Å². The SMILES string of the molecule is COC(=O)CC1CNc2cc(C3(C(F)(F)F)N=N3)ccc21. The maximum atomic E-state index is 13.0. The number of ether oxygens (including phenoxy) is 1. The van der Waals surface area contributed by atoms with E-state index in [1.54, 1.807) is 6.07 Å². The molecule has 2 aliphatic heterocycles. The van der Waals surface area contributed by atoms with E-state index in [0.29, 0.717) is 12.2 Å². The molecule has 0 radical (unpaired) electrons. The summed E-state index contributed by atoms with van der Waals surface area (Å²) < 4.78 is 43.5. The zero-order chi connectivity index (χ0) is 15.3. The average molecular weight is 299 g/mol. The number of methoxy groups -OCH3 is 1. The number of esters is 1. The van der Waals surface area contributed by atoms with Gasteiger partial charge in [0.15, 0.2) is 0 Å². The van der Waals surface area contributed by atoms with Gasteiger partial charge in [-0.05, 0) is 11.6 Å². The Kier molecular flexibility index (Phi) is 2.93. The molecular weight excluding hydrogens is 287 g/mol. The van der Waals surface area contributed by atoms with E-state index in [2.05, 4.69) is 20.3 Å². The summed E-state index contributed by atoms with van der Waals surface area (Å²) in [4.78, 5) is 11.3. The lowest BCUT2D eigenvalue weighted by atomic mass is 9.94. The molecule has 2 heterocycles. The minimum Gasteiger partial charge on any atom is -0.469 e. The van der Waals surface area contributed by atoms with E-state index in [1.807, 2.05) is 0 Å². The highest BCUT2D eigenvalue weighted by atomic mass is 19.4. The summed E-state index contributed by atoms with van der Waals surface area (Å²) in [5.41, 5.74) is -1.03. The molecule has 0 aromatic heterocycles. The molecular formula is C13H12F3N3O2. The molecule has 0 aliphatic carbocycles. The summed E-state index contributed by atoms with van der Waals surface area (Å²) in [6.07, 6.45) is -4.35. The number of carbonyl (C=O) groups excluding carboxylic acids is 1. The largest absolute Gasteiger partial charge is 0.469 e. The molecule has 1 atom stereocenters. The van der Waals surface area contributed by atoms with Crippen LogP contribution < -0.4 is 5.32 Å². The maximum absolute atomic E-state index is 13.0. The quantitative estimate of drug-likeness (QED) is 0.873. The molecule has 0 saturated carbocycles. The number of anilines is 1. The smallest absolute Gasteiger partial charge is 0.442 e. The molecule has 3 rings (SSSR count).